The van der Waals surface area contributed by atoms with Crippen LogP contribution in [0.2, 0.25) is 5.02 Å². The van der Waals surface area contributed by atoms with Gasteiger partial charge in [-0.25, -0.2) is 13.4 Å². The van der Waals surface area contributed by atoms with Crippen molar-refractivity contribution in [3.05, 3.63) is 47.5 Å². The number of hydrogen-bond acceptors (Lipinski definition) is 5. The lowest BCUT2D eigenvalue weighted by atomic mass is 10.3. The minimum absolute atomic E-state index is 0.200. The number of nitrogens with one attached hydrogen (secondary N) is 2. The van der Waals surface area contributed by atoms with Gasteiger partial charge in [-0.1, -0.05) is 23.4 Å². The van der Waals surface area contributed by atoms with Crippen molar-refractivity contribution in [2.24, 2.45) is 0 Å². The standard InChI is InChI=1S/C20H21ClN4O3S2/c1-13(29-20-23-17-9-4-14(21)12-18(17)24-20)19(26)22-15-5-7-16(8-6-15)30(27,28)25-10-2-3-11-25/h4-9,12-13H,2-3,10-11H2,1H3,(H,22,26)(H,23,24). The summed E-state index contributed by atoms with van der Waals surface area (Å²) < 4.78 is 26.7. The summed E-state index contributed by atoms with van der Waals surface area (Å²) in [5.74, 6) is -0.200. The first kappa shape index (κ1) is 21.2. The third kappa shape index (κ3) is 4.49. The van der Waals surface area contributed by atoms with Crippen LogP contribution in [0.5, 0.6) is 0 Å². The molecule has 1 atom stereocenters. The van der Waals surface area contributed by atoms with E-state index in [4.69, 9.17) is 11.6 Å². The Hall–Kier alpha value is -2.07. The molecule has 1 aliphatic heterocycles. The molecule has 30 heavy (non-hydrogen) atoms. The van der Waals surface area contributed by atoms with Crippen LogP contribution in [0.3, 0.4) is 0 Å². The number of imidazole rings is 1. The fraction of sp³-hybridized carbons (Fsp3) is 0.300. The van der Waals surface area contributed by atoms with Crippen molar-refractivity contribution in [3.8, 4) is 0 Å². The van der Waals surface area contributed by atoms with Crippen molar-refractivity contribution < 1.29 is 13.2 Å². The average Bonchev–Trinajstić information content (AvgIpc) is 3.38. The predicted molar refractivity (Wildman–Crippen MR) is 119 cm³/mol. The van der Waals surface area contributed by atoms with E-state index in [1.54, 1.807) is 31.2 Å². The van der Waals surface area contributed by atoms with Crippen LogP contribution in [0.25, 0.3) is 11.0 Å². The van der Waals surface area contributed by atoms with Gasteiger partial charge in [0.25, 0.3) is 0 Å². The van der Waals surface area contributed by atoms with E-state index in [0.29, 0.717) is 29.0 Å². The van der Waals surface area contributed by atoms with Crippen LogP contribution in [-0.2, 0) is 14.8 Å². The number of aromatic amines is 1. The molecule has 0 aliphatic carbocycles. The molecule has 4 rings (SSSR count). The maximum atomic E-state index is 12.6. The SMILES string of the molecule is CC(Sc1nc2ccc(Cl)cc2[nH]1)C(=O)Nc1ccc(S(=O)(=O)N2CCCC2)cc1. The molecule has 2 heterocycles. The van der Waals surface area contributed by atoms with E-state index in [9.17, 15) is 13.2 Å². The van der Waals surface area contributed by atoms with Crippen molar-refractivity contribution in [1.82, 2.24) is 14.3 Å². The smallest absolute Gasteiger partial charge is 0.243 e. The van der Waals surface area contributed by atoms with Crippen molar-refractivity contribution in [3.63, 3.8) is 0 Å². The second-order valence-electron chi connectivity index (χ2n) is 7.09. The zero-order chi connectivity index (χ0) is 21.3. The summed E-state index contributed by atoms with van der Waals surface area (Å²) >= 11 is 7.29. The van der Waals surface area contributed by atoms with Gasteiger partial charge < -0.3 is 10.3 Å². The topological polar surface area (TPSA) is 95.2 Å². The highest BCUT2D eigenvalue weighted by Crippen LogP contribution is 2.26. The van der Waals surface area contributed by atoms with Crippen LogP contribution in [-0.4, -0.2) is 46.9 Å². The number of halogens is 1. The molecule has 2 aromatic carbocycles. The molecule has 1 fully saturated rings. The molecular formula is C20H21ClN4O3S2. The Bertz CT molecular complexity index is 1170. The van der Waals surface area contributed by atoms with E-state index in [1.165, 1.54) is 28.2 Å². The number of anilines is 1. The molecule has 1 aromatic heterocycles. The van der Waals surface area contributed by atoms with E-state index in [0.717, 1.165) is 23.9 Å². The number of carbonyl (C=O) groups is 1. The Morgan fingerprint density at radius 1 is 1.20 bits per heavy atom. The second kappa shape index (κ2) is 8.58. The van der Waals surface area contributed by atoms with Gasteiger partial charge >= 0.3 is 0 Å². The Kier molecular flexibility index (Phi) is 6.06. The van der Waals surface area contributed by atoms with Crippen molar-refractivity contribution in [1.29, 1.82) is 0 Å². The quantitative estimate of drug-likeness (QED) is 0.535. The van der Waals surface area contributed by atoms with E-state index in [1.807, 2.05) is 6.07 Å². The van der Waals surface area contributed by atoms with Gasteiger partial charge in [-0.3, -0.25) is 4.79 Å². The number of thioether (sulfide) groups is 1. The lowest BCUT2D eigenvalue weighted by Gasteiger charge is -2.16. The Labute approximate surface area is 184 Å². The first-order chi connectivity index (χ1) is 14.3. The number of nitrogens with zero attached hydrogens (tertiary/aromatic N) is 2. The number of sulfonamides is 1. The number of amides is 1. The van der Waals surface area contributed by atoms with Crippen molar-refractivity contribution in [2.75, 3.05) is 18.4 Å². The molecule has 158 valence electrons. The molecule has 1 unspecified atom stereocenters. The lowest BCUT2D eigenvalue weighted by molar-refractivity contribution is -0.115. The van der Waals surface area contributed by atoms with Crippen LogP contribution in [0.15, 0.2) is 52.5 Å². The Morgan fingerprint density at radius 3 is 2.60 bits per heavy atom. The number of H-pyrrole nitrogens is 1. The van der Waals surface area contributed by atoms with Crippen LogP contribution in [0.4, 0.5) is 5.69 Å². The van der Waals surface area contributed by atoms with Crippen molar-refractivity contribution >= 4 is 56.0 Å². The monoisotopic (exact) mass is 464 g/mol. The summed E-state index contributed by atoms with van der Waals surface area (Å²) in [7, 11) is -3.46. The van der Waals surface area contributed by atoms with Gasteiger partial charge in [0.05, 0.1) is 21.2 Å². The molecule has 1 saturated heterocycles. The molecule has 0 bridgehead atoms. The minimum atomic E-state index is -3.46. The highest BCUT2D eigenvalue weighted by Gasteiger charge is 2.27. The van der Waals surface area contributed by atoms with Gasteiger partial charge in [-0.15, -0.1) is 0 Å². The molecule has 3 aromatic rings. The number of carbonyl (C=O) groups excluding carboxylic acids is 1. The molecule has 10 heteroatoms. The first-order valence-corrected chi connectivity index (χ1v) is 12.3. The normalized spacial score (nSPS) is 16.1. The maximum absolute atomic E-state index is 12.6. The van der Waals surface area contributed by atoms with Crippen LogP contribution in [0, 0.1) is 0 Å². The summed E-state index contributed by atoms with van der Waals surface area (Å²) in [5, 5.41) is 3.66. The molecule has 0 saturated carbocycles. The molecular weight excluding hydrogens is 444 g/mol. The number of rotatable bonds is 6. The average molecular weight is 465 g/mol. The van der Waals surface area contributed by atoms with Gasteiger partial charge in [-0.05, 0) is 62.2 Å². The highest BCUT2D eigenvalue weighted by molar-refractivity contribution is 8.00. The summed E-state index contributed by atoms with van der Waals surface area (Å²) in [6, 6.07) is 11.7. The van der Waals surface area contributed by atoms with Crippen molar-refractivity contribution in [2.45, 2.75) is 35.1 Å². The van der Waals surface area contributed by atoms with Crippen LogP contribution >= 0.6 is 23.4 Å². The van der Waals surface area contributed by atoms with Crippen LogP contribution < -0.4 is 5.32 Å². The largest absolute Gasteiger partial charge is 0.333 e. The molecule has 0 radical (unpaired) electrons. The predicted octanol–water partition coefficient (Wildman–Crippen LogP) is 4.12. The van der Waals surface area contributed by atoms with Gasteiger partial charge in [0.2, 0.25) is 15.9 Å². The fourth-order valence-electron chi connectivity index (χ4n) is 3.27. The number of aromatic nitrogens is 2. The highest BCUT2D eigenvalue weighted by atomic mass is 35.5. The molecule has 2 N–H and O–H groups in total. The summed E-state index contributed by atoms with van der Waals surface area (Å²) in [5.41, 5.74) is 2.14. The van der Waals surface area contributed by atoms with Gasteiger partial charge in [-0.2, -0.15) is 4.31 Å². The zero-order valence-corrected chi connectivity index (χ0v) is 18.6. The molecule has 1 amide bonds. The minimum Gasteiger partial charge on any atom is -0.333 e. The summed E-state index contributed by atoms with van der Waals surface area (Å²) in [6.07, 6.45) is 1.78. The number of fused-ring (bicyclic) bond motifs is 1. The molecule has 0 spiro atoms. The van der Waals surface area contributed by atoms with Gasteiger partial charge in [0.1, 0.15) is 0 Å². The van der Waals surface area contributed by atoms with E-state index in [-0.39, 0.29) is 10.8 Å². The fourth-order valence-corrected chi connectivity index (χ4v) is 5.78. The number of hydrogen-bond donors (Lipinski definition) is 2. The van der Waals surface area contributed by atoms with E-state index in [2.05, 4.69) is 15.3 Å². The lowest BCUT2D eigenvalue weighted by Crippen LogP contribution is -2.27. The van der Waals surface area contributed by atoms with E-state index >= 15 is 0 Å². The summed E-state index contributed by atoms with van der Waals surface area (Å²) in [4.78, 5) is 20.4. The Balaban J connectivity index is 1.40. The molecule has 7 nitrogen and oxygen atoms in total. The van der Waals surface area contributed by atoms with Gasteiger partial charge in [0, 0.05) is 23.8 Å². The number of benzene rings is 2. The summed E-state index contributed by atoms with van der Waals surface area (Å²) in [6.45, 7) is 2.90. The molecule has 1 aliphatic rings. The van der Waals surface area contributed by atoms with E-state index < -0.39 is 15.3 Å². The second-order valence-corrected chi connectivity index (χ2v) is 10.8. The Morgan fingerprint density at radius 2 is 1.90 bits per heavy atom. The third-order valence-electron chi connectivity index (χ3n) is 4.90. The van der Waals surface area contributed by atoms with Gasteiger partial charge in [0.15, 0.2) is 5.16 Å². The zero-order valence-electron chi connectivity index (χ0n) is 16.3. The maximum Gasteiger partial charge on any atom is 0.243 e. The third-order valence-corrected chi connectivity index (χ3v) is 8.04. The first-order valence-electron chi connectivity index (χ1n) is 9.56. The van der Waals surface area contributed by atoms with Crippen LogP contribution in [0.1, 0.15) is 19.8 Å².